The number of rotatable bonds is 12. The fraction of sp³-hybridized carbons (Fsp3) is 0.400. The number of carbonyl (C=O) groups excluding carboxylic acids is 2. The number of hydrogen-bond donors (Lipinski definition) is 5. The molecule has 1 amide bonds. The van der Waals surface area contributed by atoms with Crippen molar-refractivity contribution in [2.45, 2.75) is 24.5 Å². The number of Topliss-reactive ketones (excluding diaryl/α,β-unsaturated/α-hetero) is 1. The number of amides is 1. The molecule has 3 aromatic rings. The lowest BCUT2D eigenvalue weighted by Crippen LogP contribution is -2.72. The van der Waals surface area contributed by atoms with Gasteiger partial charge in [-0.05, 0) is 29.5 Å². The summed E-state index contributed by atoms with van der Waals surface area (Å²) in [7, 11) is 1.66. The number of anilines is 3. The van der Waals surface area contributed by atoms with E-state index in [2.05, 4.69) is 36.2 Å². The molecule has 2 aromatic heterocycles. The summed E-state index contributed by atoms with van der Waals surface area (Å²) < 4.78 is 0. The van der Waals surface area contributed by atoms with Crippen LogP contribution in [0.25, 0.3) is 0 Å². The summed E-state index contributed by atoms with van der Waals surface area (Å²) in [5.41, 5.74) is -0.906. The monoisotopic (exact) mass is 592 g/mol. The van der Waals surface area contributed by atoms with Crippen molar-refractivity contribution in [3.63, 3.8) is 0 Å². The number of nitrogens with one attached hydrogen (secondary N) is 4. The van der Waals surface area contributed by atoms with E-state index in [9.17, 15) is 14.7 Å². The van der Waals surface area contributed by atoms with Crippen LogP contribution in [0.3, 0.4) is 0 Å². The molecule has 2 atom stereocenters. The molecule has 3 heterocycles. The maximum atomic E-state index is 13.7. The summed E-state index contributed by atoms with van der Waals surface area (Å²) in [6, 6.07) is 10.7. The highest BCUT2D eigenvalue weighted by Crippen LogP contribution is 2.30. The van der Waals surface area contributed by atoms with Crippen LogP contribution in [-0.4, -0.2) is 76.5 Å². The Labute approximate surface area is 240 Å². The molecule has 0 bridgehead atoms. The molecule has 5 N–H and O–H groups in total. The SMILES string of the molecule is CNc1nc(NC(CCO)c2ccccc2Cl)nc(N2CCNCC2(C(=O)CCl)C(=O)NCc2cccs2)n1. The Morgan fingerprint density at radius 3 is 2.69 bits per heavy atom. The number of thiophene rings is 1. The lowest BCUT2D eigenvalue weighted by molar-refractivity contribution is -0.135. The van der Waals surface area contributed by atoms with Crippen molar-refractivity contribution in [1.82, 2.24) is 25.6 Å². The summed E-state index contributed by atoms with van der Waals surface area (Å²) >= 11 is 14.0. The van der Waals surface area contributed by atoms with Crippen LogP contribution in [0.1, 0.15) is 22.9 Å². The Morgan fingerprint density at radius 1 is 1.21 bits per heavy atom. The van der Waals surface area contributed by atoms with E-state index in [4.69, 9.17) is 23.2 Å². The summed E-state index contributed by atoms with van der Waals surface area (Å²) in [4.78, 5) is 43.2. The third-order valence-corrected chi connectivity index (χ3v) is 7.87. The second kappa shape index (κ2) is 13.4. The zero-order valence-electron chi connectivity index (χ0n) is 21.3. The van der Waals surface area contributed by atoms with Crippen LogP contribution in [0.15, 0.2) is 41.8 Å². The van der Waals surface area contributed by atoms with E-state index < -0.39 is 23.3 Å². The fourth-order valence-corrected chi connectivity index (χ4v) is 5.58. The minimum atomic E-state index is -1.67. The van der Waals surface area contributed by atoms with Crippen LogP contribution >= 0.6 is 34.5 Å². The normalized spacial score (nSPS) is 17.9. The van der Waals surface area contributed by atoms with Gasteiger partial charge in [-0.15, -0.1) is 22.9 Å². The predicted molar refractivity (Wildman–Crippen MR) is 154 cm³/mol. The number of ketones is 1. The van der Waals surface area contributed by atoms with Gasteiger partial charge in [-0.1, -0.05) is 35.9 Å². The van der Waals surface area contributed by atoms with Gasteiger partial charge < -0.3 is 31.3 Å². The number of aliphatic hydroxyl groups is 1. The molecule has 1 aromatic carbocycles. The molecule has 1 aliphatic rings. The van der Waals surface area contributed by atoms with Crippen LogP contribution in [0.4, 0.5) is 17.8 Å². The molecule has 2 unspecified atom stereocenters. The van der Waals surface area contributed by atoms with Crippen LogP contribution < -0.4 is 26.2 Å². The molecule has 0 radical (unpaired) electrons. The predicted octanol–water partition coefficient (Wildman–Crippen LogP) is 2.44. The van der Waals surface area contributed by atoms with E-state index in [-0.39, 0.29) is 50.0 Å². The van der Waals surface area contributed by atoms with E-state index in [0.29, 0.717) is 18.0 Å². The van der Waals surface area contributed by atoms with Gasteiger partial charge in [0.2, 0.25) is 17.8 Å². The smallest absolute Gasteiger partial charge is 0.255 e. The molecule has 39 heavy (non-hydrogen) atoms. The number of halogens is 2. The molecular weight excluding hydrogens is 563 g/mol. The first kappa shape index (κ1) is 29.0. The Balaban J connectivity index is 1.71. The number of aromatic nitrogens is 3. The maximum Gasteiger partial charge on any atom is 0.255 e. The summed E-state index contributed by atoms with van der Waals surface area (Å²) in [6.45, 7) is 0.964. The van der Waals surface area contributed by atoms with Crippen molar-refractivity contribution in [3.8, 4) is 0 Å². The topological polar surface area (TPSA) is 144 Å². The molecule has 208 valence electrons. The first-order valence-corrected chi connectivity index (χ1v) is 14.2. The number of hydrogen-bond acceptors (Lipinski definition) is 11. The third-order valence-electron chi connectivity index (χ3n) is 6.41. The zero-order valence-corrected chi connectivity index (χ0v) is 23.6. The number of benzene rings is 1. The fourth-order valence-electron chi connectivity index (χ4n) is 4.44. The van der Waals surface area contributed by atoms with E-state index in [1.807, 2.05) is 35.7 Å². The van der Waals surface area contributed by atoms with Crippen molar-refractivity contribution >= 4 is 64.1 Å². The van der Waals surface area contributed by atoms with Gasteiger partial charge in [-0.25, -0.2) is 0 Å². The molecule has 0 spiro atoms. The summed E-state index contributed by atoms with van der Waals surface area (Å²) in [5, 5.41) is 24.4. The average molecular weight is 594 g/mol. The van der Waals surface area contributed by atoms with Gasteiger partial charge in [0.1, 0.15) is 0 Å². The zero-order chi connectivity index (χ0) is 27.8. The largest absolute Gasteiger partial charge is 0.396 e. The van der Waals surface area contributed by atoms with Crippen molar-refractivity contribution < 1.29 is 14.7 Å². The molecule has 4 rings (SSSR count). The van der Waals surface area contributed by atoms with Crippen molar-refractivity contribution in [2.24, 2.45) is 0 Å². The van der Waals surface area contributed by atoms with Gasteiger partial charge in [0, 0.05) is 43.2 Å². The van der Waals surface area contributed by atoms with Crippen molar-refractivity contribution in [1.29, 1.82) is 0 Å². The molecular formula is C25H30Cl2N8O3S. The number of nitrogens with zero attached hydrogens (tertiary/aromatic N) is 4. The second-order valence-corrected chi connectivity index (χ2v) is 10.5. The van der Waals surface area contributed by atoms with Crippen LogP contribution in [0.2, 0.25) is 5.02 Å². The molecule has 1 fully saturated rings. The van der Waals surface area contributed by atoms with Gasteiger partial charge in [0.25, 0.3) is 5.91 Å². The van der Waals surface area contributed by atoms with E-state index in [1.54, 1.807) is 18.0 Å². The van der Waals surface area contributed by atoms with Gasteiger partial charge in [0.05, 0.1) is 18.5 Å². The van der Waals surface area contributed by atoms with Crippen LogP contribution in [0, 0.1) is 0 Å². The summed E-state index contributed by atoms with van der Waals surface area (Å²) in [5.74, 6) is -0.796. The van der Waals surface area contributed by atoms with E-state index >= 15 is 0 Å². The quantitative estimate of drug-likeness (QED) is 0.157. The molecule has 0 aliphatic carbocycles. The Kier molecular flexibility index (Phi) is 9.92. The standard InChI is InChI=1S/C25H30Cl2N8O3S/c1-28-22-32-23(31-19(8-11-36)17-6-2-3-7-18(17)27)34-24(33-22)35-10-9-29-15-25(35,20(37)13-26)21(38)30-14-16-5-4-12-39-16/h2-7,12,19,29,36H,8-11,13-15H2,1H3,(H,30,38)(H2,28,31,32,33,34). The van der Waals surface area contributed by atoms with Gasteiger partial charge >= 0.3 is 0 Å². The van der Waals surface area contributed by atoms with Crippen molar-refractivity contribution in [2.75, 3.05) is 54.7 Å². The van der Waals surface area contributed by atoms with Gasteiger partial charge in [-0.3, -0.25) is 9.59 Å². The van der Waals surface area contributed by atoms with E-state index in [1.165, 1.54) is 11.3 Å². The maximum absolute atomic E-state index is 13.7. The lowest BCUT2D eigenvalue weighted by Gasteiger charge is -2.44. The Morgan fingerprint density at radius 2 is 2.00 bits per heavy atom. The van der Waals surface area contributed by atoms with Gasteiger partial charge in [-0.2, -0.15) is 15.0 Å². The lowest BCUT2D eigenvalue weighted by atomic mass is 9.89. The highest BCUT2D eigenvalue weighted by atomic mass is 35.5. The number of carbonyl (C=O) groups is 2. The number of aliphatic hydroxyl groups excluding tert-OH is 1. The Hall–Kier alpha value is -3.03. The summed E-state index contributed by atoms with van der Waals surface area (Å²) in [6.07, 6.45) is 0.340. The minimum Gasteiger partial charge on any atom is -0.396 e. The molecule has 1 saturated heterocycles. The average Bonchev–Trinajstić information content (AvgIpc) is 3.49. The third kappa shape index (κ3) is 6.42. The van der Waals surface area contributed by atoms with Gasteiger partial charge in [0.15, 0.2) is 11.3 Å². The number of piperazine rings is 1. The molecule has 1 aliphatic heterocycles. The second-order valence-electron chi connectivity index (χ2n) is 8.77. The first-order chi connectivity index (χ1) is 18.9. The van der Waals surface area contributed by atoms with Crippen molar-refractivity contribution in [3.05, 3.63) is 57.2 Å². The molecule has 0 saturated carbocycles. The van der Waals surface area contributed by atoms with E-state index in [0.717, 1.165) is 10.4 Å². The highest BCUT2D eigenvalue weighted by molar-refractivity contribution is 7.09. The van der Waals surface area contributed by atoms with Crippen LogP contribution in [-0.2, 0) is 16.1 Å². The van der Waals surface area contributed by atoms with Crippen LogP contribution in [0.5, 0.6) is 0 Å². The minimum absolute atomic E-state index is 0.0327. The molecule has 11 nitrogen and oxygen atoms in total. The first-order valence-electron chi connectivity index (χ1n) is 12.4. The Bertz CT molecular complexity index is 1280. The highest BCUT2D eigenvalue weighted by Gasteiger charge is 2.52. The molecule has 14 heteroatoms. The number of alkyl halides is 1.